The smallest absolute Gasteiger partial charge is 0.248 e. The second-order valence-electron chi connectivity index (χ2n) is 5.63. The molecule has 1 atom stereocenters. The first kappa shape index (κ1) is 16.1. The van der Waals surface area contributed by atoms with Gasteiger partial charge in [-0.15, -0.1) is 0 Å². The Labute approximate surface area is 136 Å². The van der Waals surface area contributed by atoms with E-state index in [1.54, 1.807) is 26.0 Å². The topological polar surface area (TPSA) is 52.3 Å². The van der Waals surface area contributed by atoms with E-state index in [1.807, 2.05) is 0 Å². The lowest BCUT2D eigenvalue weighted by Crippen LogP contribution is -2.24. The first-order valence-electron chi connectivity index (χ1n) is 7.27. The van der Waals surface area contributed by atoms with E-state index < -0.39 is 23.4 Å². The highest BCUT2D eigenvalue weighted by molar-refractivity contribution is 5.95. The summed E-state index contributed by atoms with van der Waals surface area (Å²) in [5.74, 6) is -3.79. The number of amides is 1. The quantitative estimate of drug-likeness (QED) is 0.844. The van der Waals surface area contributed by atoms with E-state index in [-0.39, 0.29) is 28.6 Å². The fraction of sp³-hybridized carbons (Fsp3) is 0.167. The molecule has 2 N–H and O–H groups in total. The number of rotatable bonds is 2. The number of halogens is 3. The maximum Gasteiger partial charge on any atom is 0.248 e. The van der Waals surface area contributed by atoms with Crippen molar-refractivity contribution in [3.63, 3.8) is 0 Å². The van der Waals surface area contributed by atoms with Crippen molar-refractivity contribution in [2.45, 2.75) is 19.8 Å². The molecule has 0 saturated heterocycles. The lowest BCUT2D eigenvalue weighted by Gasteiger charge is -2.27. The Balaban J connectivity index is 2.24. The summed E-state index contributed by atoms with van der Waals surface area (Å²) in [6, 6.07) is 6.20. The van der Waals surface area contributed by atoms with E-state index in [4.69, 9.17) is 10.5 Å². The average Bonchev–Trinajstić information content (AvgIpc) is 2.50. The molecule has 24 heavy (non-hydrogen) atoms. The monoisotopic (exact) mass is 333 g/mol. The van der Waals surface area contributed by atoms with Crippen molar-refractivity contribution in [1.29, 1.82) is 0 Å². The molecule has 3 nitrogen and oxygen atoms in total. The van der Waals surface area contributed by atoms with Crippen molar-refractivity contribution < 1.29 is 22.7 Å². The van der Waals surface area contributed by atoms with Crippen molar-refractivity contribution in [1.82, 2.24) is 0 Å². The zero-order chi connectivity index (χ0) is 17.6. The van der Waals surface area contributed by atoms with Crippen LogP contribution in [0, 0.1) is 17.5 Å². The van der Waals surface area contributed by atoms with Gasteiger partial charge in [0.05, 0.1) is 5.57 Å². The first-order valence-corrected chi connectivity index (χ1v) is 7.27. The van der Waals surface area contributed by atoms with Crippen LogP contribution in [0.5, 0.6) is 5.75 Å². The Hall–Kier alpha value is -2.76. The number of nitrogens with two attached hydrogens (primary N) is 1. The predicted molar refractivity (Wildman–Crippen MR) is 82.7 cm³/mol. The molecule has 0 aliphatic carbocycles. The van der Waals surface area contributed by atoms with Crippen molar-refractivity contribution in [2.24, 2.45) is 5.73 Å². The first-order chi connectivity index (χ1) is 11.3. The molecule has 1 unspecified atom stereocenters. The summed E-state index contributed by atoms with van der Waals surface area (Å²) in [6.07, 6.45) is 0. The minimum absolute atomic E-state index is 0.207. The van der Waals surface area contributed by atoms with Gasteiger partial charge in [0.25, 0.3) is 0 Å². The predicted octanol–water partition coefficient (Wildman–Crippen LogP) is 4.03. The average molecular weight is 333 g/mol. The van der Waals surface area contributed by atoms with Gasteiger partial charge in [-0.3, -0.25) is 4.79 Å². The maximum atomic E-state index is 14.2. The highest BCUT2D eigenvalue weighted by Crippen LogP contribution is 2.45. The summed E-state index contributed by atoms with van der Waals surface area (Å²) in [5, 5.41) is 0. The summed E-state index contributed by atoms with van der Waals surface area (Å²) >= 11 is 0. The summed E-state index contributed by atoms with van der Waals surface area (Å²) in [4.78, 5) is 11.6. The van der Waals surface area contributed by atoms with E-state index in [9.17, 15) is 18.0 Å². The van der Waals surface area contributed by atoms with Gasteiger partial charge in [0.15, 0.2) is 11.6 Å². The summed E-state index contributed by atoms with van der Waals surface area (Å²) < 4.78 is 46.9. The van der Waals surface area contributed by atoms with Crippen LogP contribution < -0.4 is 10.5 Å². The van der Waals surface area contributed by atoms with Crippen LogP contribution in [-0.4, -0.2) is 5.91 Å². The zero-order valence-corrected chi connectivity index (χ0v) is 13.0. The van der Waals surface area contributed by atoms with Crippen LogP contribution in [0.2, 0.25) is 0 Å². The Morgan fingerprint density at radius 2 is 1.88 bits per heavy atom. The van der Waals surface area contributed by atoms with Gasteiger partial charge in [0, 0.05) is 28.7 Å². The third-order valence-corrected chi connectivity index (χ3v) is 4.13. The van der Waals surface area contributed by atoms with Crippen LogP contribution in [0.3, 0.4) is 0 Å². The van der Waals surface area contributed by atoms with Gasteiger partial charge in [0.2, 0.25) is 5.91 Å². The molecule has 3 rings (SSSR count). The number of hydrogen-bond donors (Lipinski definition) is 1. The van der Waals surface area contributed by atoms with E-state index in [0.717, 1.165) is 6.07 Å². The SMILES string of the molecule is CC1=C(C(N)=O)C(C)c2cccc(-c3cc(F)cc(F)c3F)c2O1. The van der Waals surface area contributed by atoms with Crippen molar-refractivity contribution in [3.8, 4) is 16.9 Å². The number of benzene rings is 2. The molecule has 0 bridgehead atoms. The van der Waals surface area contributed by atoms with Crippen LogP contribution in [0.4, 0.5) is 13.2 Å². The largest absolute Gasteiger partial charge is 0.461 e. The molecule has 0 fully saturated rings. The Bertz CT molecular complexity index is 890. The van der Waals surface area contributed by atoms with E-state index >= 15 is 0 Å². The van der Waals surface area contributed by atoms with Crippen LogP contribution >= 0.6 is 0 Å². The molecule has 0 spiro atoms. The number of para-hydroxylation sites is 1. The number of hydrogen-bond acceptors (Lipinski definition) is 2. The minimum Gasteiger partial charge on any atom is -0.461 e. The number of carbonyl (C=O) groups is 1. The van der Waals surface area contributed by atoms with Gasteiger partial charge < -0.3 is 10.5 Å². The summed E-state index contributed by atoms with van der Waals surface area (Å²) in [6.45, 7) is 3.33. The molecule has 2 aromatic carbocycles. The molecular weight excluding hydrogens is 319 g/mol. The van der Waals surface area contributed by atoms with Gasteiger partial charge in [-0.25, -0.2) is 13.2 Å². The molecule has 2 aromatic rings. The molecule has 1 aliphatic rings. The normalized spacial score (nSPS) is 16.6. The Morgan fingerprint density at radius 3 is 2.54 bits per heavy atom. The highest BCUT2D eigenvalue weighted by Gasteiger charge is 2.30. The van der Waals surface area contributed by atoms with Gasteiger partial charge in [-0.2, -0.15) is 0 Å². The van der Waals surface area contributed by atoms with Gasteiger partial charge in [0.1, 0.15) is 17.3 Å². The van der Waals surface area contributed by atoms with Gasteiger partial charge in [-0.05, 0) is 13.0 Å². The molecule has 0 aromatic heterocycles. The van der Waals surface area contributed by atoms with Crippen LogP contribution in [0.25, 0.3) is 11.1 Å². The number of fused-ring (bicyclic) bond motifs is 1. The Kier molecular flexibility index (Phi) is 3.83. The maximum absolute atomic E-state index is 14.2. The van der Waals surface area contributed by atoms with E-state index in [2.05, 4.69) is 0 Å². The highest BCUT2D eigenvalue weighted by atomic mass is 19.2. The number of ether oxygens (including phenoxy) is 1. The molecule has 6 heteroatoms. The molecule has 0 radical (unpaired) electrons. The second-order valence-corrected chi connectivity index (χ2v) is 5.63. The minimum atomic E-state index is -1.28. The van der Waals surface area contributed by atoms with Crippen LogP contribution in [-0.2, 0) is 4.79 Å². The van der Waals surface area contributed by atoms with Crippen molar-refractivity contribution in [3.05, 3.63) is 64.7 Å². The number of allylic oxidation sites excluding steroid dienone is 1. The third kappa shape index (κ3) is 2.44. The summed E-state index contributed by atoms with van der Waals surface area (Å²) in [5.41, 5.74) is 6.25. The third-order valence-electron chi connectivity index (χ3n) is 4.13. The Morgan fingerprint density at radius 1 is 1.17 bits per heavy atom. The number of primary amides is 1. The molecule has 124 valence electrons. The van der Waals surface area contributed by atoms with Crippen molar-refractivity contribution >= 4 is 5.91 Å². The lowest BCUT2D eigenvalue weighted by molar-refractivity contribution is -0.115. The lowest BCUT2D eigenvalue weighted by atomic mass is 9.86. The standard InChI is InChI=1S/C18H14F3NO2/c1-8-11-4-3-5-12(13-6-10(19)7-14(20)16(13)21)17(11)24-9(2)15(8)18(22)23/h3-8H,1-2H3,(H2,22,23). The molecule has 1 amide bonds. The number of carbonyl (C=O) groups excluding carboxylic acids is 1. The molecular formula is C18H14F3NO2. The van der Waals surface area contributed by atoms with E-state index in [1.165, 1.54) is 6.07 Å². The van der Waals surface area contributed by atoms with Gasteiger partial charge in [-0.1, -0.05) is 25.1 Å². The van der Waals surface area contributed by atoms with Crippen LogP contribution in [0.15, 0.2) is 41.7 Å². The van der Waals surface area contributed by atoms with E-state index in [0.29, 0.717) is 17.2 Å². The molecule has 0 saturated carbocycles. The molecule has 1 aliphatic heterocycles. The summed E-state index contributed by atoms with van der Waals surface area (Å²) in [7, 11) is 0. The fourth-order valence-corrected chi connectivity index (χ4v) is 3.03. The fourth-order valence-electron chi connectivity index (χ4n) is 3.03. The van der Waals surface area contributed by atoms with Gasteiger partial charge >= 0.3 is 0 Å². The second kappa shape index (κ2) is 5.70. The molecule has 1 heterocycles. The van der Waals surface area contributed by atoms with Crippen LogP contribution in [0.1, 0.15) is 25.3 Å². The zero-order valence-electron chi connectivity index (χ0n) is 13.0. The van der Waals surface area contributed by atoms with Crippen molar-refractivity contribution in [2.75, 3.05) is 0 Å².